The van der Waals surface area contributed by atoms with Gasteiger partial charge in [-0.1, -0.05) is 31.4 Å². The molecule has 1 saturated carbocycles. The SMILES string of the molecule is COc1ccc2cc3n(c2c1)CC(C)(C(=O)NC1CCCCC1)N(Cc1ccc(F)cc1)C3=O. The summed E-state index contributed by atoms with van der Waals surface area (Å²) in [5.41, 5.74) is 1.07. The minimum absolute atomic E-state index is 0.128. The third-order valence-electron chi connectivity index (χ3n) is 7.32. The number of nitrogens with zero attached hydrogens (tertiary/aromatic N) is 2. The normalized spacial score (nSPS) is 20.9. The van der Waals surface area contributed by atoms with Crippen molar-refractivity contribution in [3.8, 4) is 5.75 Å². The Hall–Kier alpha value is -3.35. The Morgan fingerprint density at radius 1 is 1.12 bits per heavy atom. The Bertz CT molecular complexity index is 1230. The van der Waals surface area contributed by atoms with Crippen molar-refractivity contribution in [1.82, 2.24) is 14.8 Å². The molecule has 0 bridgehead atoms. The number of hydrogen-bond donors (Lipinski definition) is 1. The summed E-state index contributed by atoms with van der Waals surface area (Å²) in [6.07, 6.45) is 5.32. The fourth-order valence-corrected chi connectivity index (χ4v) is 5.27. The molecule has 7 heteroatoms. The van der Waals surface area contributed by atoms with Crippen molar-refractivity contribution >= 4 is 22.7 Å². The Balaban J connectivity index is 1.56. The van der Waals surface area contributed by atoms with E-state index in [4.69, 9.17) is 4.74 Å². The van der Waals surface area contributed by atoms with Gasteiger partial charge in [0, 0.05) is 24.0 Å². The first-order valence-corrected chi connectivity index (χ1v) is 11.9. The average Bonchev–Trinajstić information content (AvgIpc) is 3.21. The second-order valence-electron chi connectivity index (χ2n) is 9.64. The predicted molar refractivity (Wildman–Crippen MR) is 128 cm³/mol. The van der Waals surface area contributed by atoms with E-state index >= 15 is 0 Å². The number of carbonyl (C=O) groups is 2. The molecule has 1 unspecified atom stereocenters. The highest BCUT2D eigenvalue weighted by Gasteiger charge is 2.48. The van der Waals surface area contributed by atoms with Crippen molar-refractivity contribution in [2.45, 2.75) is 63.7 Å². The van der Waals surface area contributed by atoms with Crippen LogP contribution in [-0.4, -0.2) is 40.0 Å². The molecule has 0 saturated heterocycles. The molecule has 1 aliphatic carbocycles. The molecule has 2 heterocycles. The van der Waals surface area contributed by atoms with Crippen molar-refractivity contribution in [1.29, 1.82) is 0 Å². The van der Waals surface area contributed by atoms with E-state index in [9.17, 15) is 14.0 Å². The van der Waals surface area contributed by atoms with Gasteiger partial charge >= 0.3 is 0 Å². The fourth-order valence-electron chi connectivity index (χ4n) is 5.27. The number of carbonyl (C=O) groups excluding carboxylic acids is 2. The molecule has 1 aromatic heterocycles. The van der Waals surface area contributed by atoms with Gasteiger partial charge < -0.3 is 19.5 Å². The highest BCUT2D eigenvalue weighted by molar-refractivity contribution is 6.03. The third kappa shape index (κ3) is 3.93. The van der Waals surface area contributed by atoms with Crippen LogP contribution in [0.15, 0.2) is 48.5 Å². The number of aromatic nitrogens is 1. The molecule has 2 aliphatic rings. The summed E-state index contributed by atoms with van der Waals surface area (Å²) in [6, 6.07) is 13.8. The van der Waals surface area contributed by atoms with E-state index < -0.39 is 5.54 Å². The molecule has 1 atom stereocenters. The lowest BCUT2D eigenvalue weighted by molar-refractivity contribution is -0.134. The van der Waals surface area contributed by atoms with Gasteiger partial charge in [-0.05, 0) is 55.7 Å². The van der Waals surface area contributed by atoms with E-state index in [0.29, 0.717) is 18.0 Å². The maximum atomic E-state index is 13.8. The van der Waals surface area contributed by atoms with Gasteiger partial charge in [-0.3, -0.25) is 9.59 Å². The van der Waals surface area contributed by atoms with Crippen molar-refractivity contribution in [2.24, 2.45) is 0 Å². The molecule has 6 nitrogen and oxygen atoms in total. The summed E-state index contributed by atoms with van der Waals surface area (Å²) >= 11 is 0. The molecule has 2 aromatic carbocycles. The molecule has 1 fully saturated rings. The number of methoxy groups -OCH3 is 1. The van der Waals surface area contributed by atoms with Crippen LogP contribution in [0.1, 0.15) is 55.1 Å². The molecule has 3 aromatic rings. The van der Waals surface area contributed by atoms with Crippen LogP contribution < -0.4 is 10.1 Å². The quantitative estimate of drug-likeness (QED) is 0.599. The maximum absolute atomic E-state index is 13.8. The van der Waals surface area contributed by atoms with Crippen LogP contribution in [0, 0.1) is 5.82 Å². The second kappa shape index (κ2) is 8.78. The van der Waals surface area contributed by atoms with E-state index in [1.807, 2.05) is 35.8 Å². The van der Waals surface area contributed by atoms with Gasteiger partial charge in [0.1, 0.15) is 22.8 Å². The number of hydrogen-bond acceptors (Lipinski definition) is 3. The van der Waals surface area contributed by atoms with E-state index in [-0.39, 0.29) is 30.2 Å². The number of halogens is 1. The molecule has 178 valence electrons. The first-order chi connectivity index (χ1) is 16.4. The van der Waals surface area contributed by atoms with Crippen molar-refractivity contribution < 1.29 is 18.7 Å². The van der Waals surface area contributed by atoms with Crippen LogP contribution >= 0.6 is 0 Å². The van der Waals surface area contributed by atoms with E-state index in [1.165, 1.54) is 18.6 Å². The number of amides is 2. The summed E-state index contributed by atoms with van der Waals surface area (Å²) in [4.78, 5) is 29.3. The molecule has 2 amide bonds. The van der Waals surface area contributed by atoms with Crippen LogP contribution in [-0.2, 0) is 17.9 Å². The lowest BCUT2D eigenvalue weighted by atomic mass is 9.91. The summed E-state index contributed by atoms with van der Waals surface area (Å²) in [7, 11) is 1.61. The zero-order valence-electron chi connectivity index (χ0n) is 19.6. The Kier molecular flexibility index (Phi) is 5.80. The molecule has 0 spiro atoms. The van der Waals surface area contributed by atoms with Gasteiger partial charge in [-0.2, -0.15) is 0 Å². The molecular formula is C27H30FN3O3. The lowest BCUT2D eigenvalue weighted by Crippen LogP contribution is -2.64. The van der Waals surface area contributed by atoms with Gasteiger partial charge in [0.2, 0.25) is 5.91 Å². The average molecular weight is 464 g/mol. The van der Waals surface area contributed by atoms with Gasteiger partial charge in [0.25, 0.3) is 5.91 Å². The molecule has 5 rings (SSSR count). The van der Waals surface area contributed by atoms with Crippen molar-refractivity contribution in [3.63, 3.8) is 0 Å². The largest absolute Gasteiger partial charge is 0.497 e. The fraction of sp³-hybridized carbons (Fsp3) is 0.407. The van der Waals surface area contributed by atoms with E-state index in [0.717, 1.165) is 42.1 Å². The summed E-state index contributed by atoms with van der Waals surface area (Å²) in [6.45, 7) is 2.38. The van der Waals surface area contributed by atoms with Gasteiger partial charge in [0.05, 0.1) is 19.2 Å². The smallest absolute Gasteiger partial charge is 0.271 e. The van der Waals surface area contributed by atoms with E-state index in [1.54, 1.807) is 24.1 Å². The van der Waals surface area contributed by atoms with Crippen molar-refractivity contribution in [2.75, 3.05) is 7.11 Å². The first-order valence-electron chi connectivity index (χ1n) is 11.9. The Morgan fingerprint density at radius 2 is 1.85 bits per heavy atom. The van der Waals surface area contributed by atoms with Gasteiger partial charge in [-0.15, -0.1) is 0 Å². The molecule has 34 heavy (non-hydrogen) atoms. The number of benzene rings is 2. The lowest BCUT2D eigenvalue weighted by Gasteiger charge is -2.45. The maximum Gasteiger partial charge on any atom is 0.271 e. The number of rotatable bonds is 5. The second-order valence-corrected chi connectivity index (χ2v) is 9.64. The molecule has 0 radical (unpaired) electrons. The number of ether oxygens (including phenoxy) is 1. The number of nitrogens with one attached hydrogen (secondary N) is 1. The zero-order chi connectivity index (χ0) is 23.9. The van der Waals surface area contributed by atoms with Crippen molar-refractivity contribution in [3.05, 3.63) is 65.6 Å². The summed E-state index contributed by atoms with van der Waals surface area (Å²) < 4.78 is 20.8. The van der Waals surface area contributed by atoms with Crippen LogP contribution in [0.2, 0.25) is 0 Å². The van der Waals surface area contributed by atoms with Crippen LogP contribution in [0.5, 0.6) is 5.75 Å². The first kappa shape index (κ1) is 22.4. The topological polar surface area (TPSA) is 63.6 Å². The predicted octanol–water partition coefficient (Wildman–Crippen LogP) is 4.65. The van der Waals surface area contributed by atoms with Gasteiger partial charge in [0.15, 0.2) is 0 Å². The monoisotopic (exact) mass is 463 g/mol. The minimum Gasteiger partial charge on any atom is -0.497 e. The third-order valence-corrected chi connectivity index (χ3v) is 7.32. The molecule has 1 N–H and O–H groups in total. The van der Waals surface area contributed by atoms with Crippen LogP contribution in [0.25, 0.3) is 10.9 Å². The molecular weight excluding hydrogens is 433 g/mol. The highest BCUT2D eigenvalue weighted by Crippen LogP contribution is 2.35. The molecule has 1 aliphatic heterocycles. The van der Waals surface area contributed by atoms with E-state index in [2.05, 4.69) is 5.32 Å². The Morgan fingerprint density at radius 3 is 2.56 bits per heavy atom. The van der Waals surface area contributed by atoms with Crippen LogP contribution in [0.3, 0.4) is 0 Å². The highest BCUT2D eigenvalue weighted by atomic mass is 19.1. The standard InChI is InChI=1S/C27H30FN3O3/c1-27(26(33)29-21-6-4-3-5-7-21)17-30-23-15-22(34-2)13-10-19(23)14-24(30)25(32)31(27)16-18-8-11-20(28)12-9-18/h8-15,21H,3-7,16-17H2,1-2H3,(H,29,33). The zero-order valence-corrected chi connectivity index (χ0v) is 19.6. The minimum atomic E-state index is -1.11. The summed E-state index contributed by atoms with van der Waals surface area (Å²) in [5.74, 6) is 0.000780. The van der Waals surface area contributed by atoms with Crippen LogP contribution in [0.4, 0.5) is 4.39 Å². The van der Waals surface area contributed by atoms with Gasteiger partial charge in [-0.25, -0.2) is 4.39 Å². The Labute approximate surface area is 198 Å². The summed E-state index contributed by atoms with van der Waals surface area (Å²) in [5, 5.41) is 4.16. The number of fused-ring (bicyclic) bond motifs is 3.